The number of nitrogens with zero attached hydrogens (tertiary/aromatic N) is 2. The standard InChI is InChI=1S/C22H25N3O3/c1-4-10-25-16(2)11-19(17(25)3)12-20(13-23)22(27)24-14-21(26)28-15-18-8-6-5-7-9-18/h5-9,11-12H,4,10,14-15H2,1-3H3,(H,24,27)/b20-12+. The Morgan fingerprint density at radius 3 is 2.61 bits per heavy atom. The summed E-state index contributed by atoms with van der Waals surface area (Å²) >= 11 is 0. The van der Waals surface area contributed by atoms with Gasteiger partial charge in [0.2, 0.25) is 0 Å². The average Bonchev–Trinajstić information content (AvgIpc) is 2.97. The third kappa shape index (κ3) is 5.58. The molecule has 28 heavy (non-hydrogen) atoms. The van der Waals surface area contributed by atoms with Gasteiger partial charge in [-0.25, -0.2) is 0 Å². The van der Waals surface area contributed by atoms with E-state index in [1.807, 2.05) is 56.3 Å². The maximum atomic E-state index is 12.3. The Balaban J connectivity index is 1.96. The third-order valence-corrected chi connectivity index (χ3v) is 4.36. The lowest BCUT2D eigenvalue weighted by Gasteiger charge is -2.07. The number of hydrogen-bond acceptors (Lipinski definition) is 4. The molecule has 6 heteroatoms. The van der Waals surface area contributed by atoms with Crippen LogP contribution < -0.4 is 5.32 Å². The fourth-order valence-electron chi connectivity index (χ4n) is 2.88. The van der Waals surface area contributed by atoms with Gasteiger partial charge in [0.1, 0.15) is 24.8 Å². The van der Waals surface area contributed by atoms with Crippen LogP contribution >= 0.6 is 0 Å². The van der Waals surface area contributed by atoms with Crippen molar-refractivity contribution in [2.24, 2.45) is 0 Å². The Morgan fingerprint density at radius 1 is 1.25 bits per heavy atom. The number of hydrogen-bond donors (Lipinski definition) is 1. The number of benzene rings is 1. The highest BCUT2D eigenvalue weighted by molar-refractivity contribution is 6.02. The van der Waals surface area contributed by atoms with Gasteiger partial charge in [0.05, 0.1) is 0 Å². The molecule has 1 aromatic heterocycles. The highest BCUT2D eigenvalue weighted by Gasteiger charge is 2.14. The summed E-state index contributed by atoms with van der Waals surface area (Å²) in [6.45, 7) is 6.78. The molecule has 0 bridgehead atoms. The molecule has 0 aliphatic rings. The first kappa shape index (κ1) is 21.0. The Morgan fingerprint density at radius 2 is 1.96 bits per heavy atom. The van der Waals surface area contributed by atoms with Crippen LogP contribution in [0.4, 0.5) is 0 Å². The Kier molecular flexibility index (Phi) is 7.58. The molecule has 0 radical (unpaired) electrons. The lowest BCUT2D eigenvalue weighted by atomic mass is 10.1. The first-order chi connectivity index (χ1) is 13.5. The fourth-order valence-corrected chi connectivity index (χ4v) is 2.88. The molecular weight excluding hydrogens is 354 g/mol. The molecule has 0 saturated heterocycles. The number of carbonyl (C=O) groups is 2. The first-order valence-electron chi connectivity index (χ1n) is 9.22. The van der Waals surface area contributed by atoms with Crippen LogP contribution in [-0.2, 0) is 27.5 Å². The van der Waals surface area contributed by atoms with Crippen molar-refractivity contribution < 1.29 is 14.3 Å². The number of aryl methyl sites for hydroxylation is 1. The van der Waals surface area contributed by atoms with Crippen molar-refractivity contribution in [3.05, 3.63) is 64.5 Å². The zero-order chi connectivity index (χ0) is 20.5. The molecule has 0 fully saturated rings. The minimum atomic E-state index is -0.598. The van der Waals surface area contributed by atoms with Gasteiger partial charge in [-0.2, -0.15) is 5.26 Å². The van der Waals surface area contributed by atoms with Gasteiger partial charge in [-0.3, -0.25) is 9.59 Å². The predicted octanol–water partition coefficient (Wildman–Crippen LogP) is 3.28. The molecule has 146 valence electrons. The van der Waals surface area contributed by atoms with E-state index in [-0.39, 0.29) is 18.7 Å². The summed E-state index contributed by atoms with van der Waals surface area (Å²) in [5, 5.41) is 11.8. The lowest BCUT2D eigenvalue weighted by molar-refractivity contribution is -0.144. The van der Waals surface area contributed by atoms with Gasteiger partial charge in [0.15, 0.2) is 0 Å². The van der Waals surface area contributed by atoms with E-state index in [9.17, 15) is 14.9 Å². The zero-order valence-corrected chi connectivity index (χ0v) is 16.5. The number of nitriles is 1. The smallest absolute Gasteiger partial charge is 0.325 e. The molecule has 2 aromatic rings. The van der Waals surface area contributed by atoms with Gasteiger partial charge in [0.25, 0.3) is 5.91 Å². The van der Waals surface area contributed by atoms with Crippen LogP contribution in [0.15, 0.2) is 42.0 Å². The topological polar surface area (TPSA) is 84.1 Å². The van der Waals surface area contributed by atoms with Crippen LogP contribution in [0.1, 0.15) is 35.9 Å². The largest absolute Gasteiger partial charge is 0.460 e. The van der Waals surface area contributed by atoms with Crippen LogP contribution in [0, 0.1) is 25.2 Å². The van der Waals surface area contributed by atoms with E-state index in [1.165, 1.54) is 0 Å². The van der Waals surface area contributed by atoms with Crippen molar-refractivity contribution in [1.82, 2.24) is 9.88 Å². The summed E-state index contributed by atoms with van der Waals surface area (Å²) in [6, 6.07) is 13.1. The average molecular weight is 379 g/mol. The molecule has 0 aliphatic carbocycles. The van der Waals surface area contributed by atoms with Crippen molar-refractivity contribution >= 4 is 18.0 Å². The van der Waals surface area contributed by atoms with E-state index in [4.69, 9.17) is 4.74 Å². The number of nitrogens with one attached hydrogen (secondary N) is 1. The fraction of sp³-hybridized carbons (Fsp3) is 0.318. The van der Waals surface area contributed by atoms with E-state index < -0.39 is 11.9 Å². The SMILES string of the molecule is CCCn1c(C)cc(/C=C(\C#N)C(=O)NCC(=O)OCc2ccccc2)c1C. The van der Waals surface area contributed by atoms with E-state index in [0.717, 1.165) is 35.5 Å². The van der Waals surface area contributed by atoms with Crippen LogP contribution in [0.25, 0.3) is 6.08 Å². The van der Waals surface area contributed by atoms with E-state index in [1.54, 1.807) is 6.08 Å². The minimum Gasteiger partial charge on any atom is -0.460 e. The molecule has 0 atom stereocenters. The quantitative estimate of drug-likeness (QED) is 0.433. The molecular formula is C22H25N3O3. The number of esters is 1. The van der Waals surface area contributed by atoms with Gasteiger partial charge in [-0.05, 0) is 43.5 Å². The second-order valence-electron chi connectivity index (χ2n) is 6.48. The maximum absolute atomic E-state index is 12.3. The molecule has 1 N–H and O–H groups in total. The number of carbonyl (C=O) groups excluding carboxylic acids is 2. The Hall–Kier alpha value is -3.33. The minimum absolute atomic E-state index is 0.0485. The van der Waals surface area contributed by atoms with Crippen molar-refractivity contribution in [3.63, 3.8) is 0 Å². The third-order valence-electron chi connectivity index (χ3n) is 4.36. The Bertz CT molecular complexity index is 905. The summed E-state index contributed by atoms with van der Waals surface area (Å²) in [7, 11) is 0. The van der Waals surface area contributed by atoms with Gasteiger partial charge in [0, 0.05) is 17.9 Å². The van der Waals surface area contributed by atoms with Crippen molar-refractivity contribution in [3.8, 4) is 6.07 Å². The molecule has 1 heterocycles. The summed E-state index contributed by atoms with van der Waals surface area (Å²) < 4.78 is 7.27. The second kappa shape index (κ2) is 10.1. The van der Waals surface area contributed by atoms with Gasteiger partial charge >= 0.3 is 5.97 Å². The van der Waals surface area contributed by atoms with E-state index >= 15 is 0 Å². The molecule has 2 rings (SSSR count). The van der Waals surface area contributed by atoms with Gasteiger partial charge in [-0.1, -0.05) is 37.3 Å². The highest BCUT2D eigenvalue weighted by atomic mass is 16.5. The predicted molar refractivity (Wildman–Crippen MR) is 107 cm³/mol. The van der Waals surface area contributed by atoms with Gasteiger partial charge in [-0.15, -0.1) is 0 Å². The number of aromatic nitrogens is 1. The molecule has 1 aromatic carbocycles. The monoisotopic (exact) mass is 379 g/mol. The lowest BCUT2D eigenvalue weighted by Crippen LogP contribution is -2.31. The van der Waals surface area contributed by atoms with Crippen LogP contribution in [0.2, 0.25) is 0 Å². The van der Waals surface area contributed by atoms with Crippen LogP contribution in [0.3, 0.4) is 0 Å². The highest BCUT2D eigenvalue weighted by Crippen LogP contribution is 2.18. The second-order valence-corrected chi connectivity index (χ2v) is 6.48. The maximum Gasteiger partial charge on any atom is 0.325 e. The van der Waals surface area contributed by atoms with Crippen molar-refractivity contribution in [2.45, 2.75) is 40.3 Å². The van der Waals surface area contributed by atoms with Crippen LogP contribution in [-0.4, -0.2) is 23.0 Å². The van der Waals surface area contributed by atoms with Gasteiger partial charge < -0.3 is 14.6 Å². The Labute approximate surface area is 165 Å². The van der Waals surface area contributed by atoms with E-state index in [0.29, 0.717) is 0 Å². The van der Waals surface area contributed by atoms with E-state index in [2.05, 4.69) is 16.8 Å². The molecule has 0 spiro atoms. The van der Waals surface area contributed by atoms with Crippen molar-refractivity contribution in [2.75, 3.05) is 6.54 Å². The first-order valence-corrected chi connectivity index (χ1v) is 9.22. The number of ether oxygens (including phenoxy) is 1. The summed E-state index contributed by atoms with van der Waals surface area (Å²) in [4.78, 5) is 24.1. The zero-order valence-electron chi connectivity index (χ0n) is 16.5. The molecule has 6 nitrogen and oxygen atoms in total. The molecule has 1 amide bonds. The normalized spacial score (nSPS) is 11.0. The number of rotatable bonds is 8. The molecule has 0 saturated carbocycles. The van der Waals surface area contributed by atoms with Crippen LogP contribution in [0.5, 0.6) is 0 Å². The molecule has 0 unspecified atom stereocenters. The summed E-state index contributed by atoms with van der Waals surface area (Å²) in [5.41, 5.74) is 3.72. The number of amides is 1. The summed E-state index contributed by atoms with van der Waals surface area (Å²) in [5.74, 6) is -1.16. The summed E-state index contributed by atoms with van der Waals surface area (Å²) in [6.07, 6.45) is 2.55. The molecule has 0 aliphatic heterocycles. The van der Waals surface area contributed by atoms with Crippen molar-refractivity contribution in [1.29, 1.82) is 5.26 Å².